The maximum absolute atomic E-state index is 12.1. The van der Waals surface area contributed by atoms with Gasteiger partial charge >= 0.3 is 0 Å². The van der Waals surface area contributed by atoms with E-state index >= 15 is 0 Å². The van der Waals surface area contributed by atoms with E-state index in [1.165, 1.54) is 17.5 Å². The van der Waals surface area contributed by atoms with Crippen molar-refractivity contribution in [1.82, 2.24) is 0 Å². The Morgan fingerprint density at radius 1 is 1.05 bits per heavy atom. The van der Waals surface area contributed by atoms with E-state index in [1.807, 2.05) is 12.1 Å². The number of hydrogen-bond acceptors (Lipinski definition) is 2. The fraction of sp³-hybridized carbons (Fsp3) is 0.625. The second kappa shape index (κ2) is 12.0. The fourth-order valence-electron chi connectivity index (χ4n) is 1.70. The van der Waals surface area contributed by atoms with Crippen LogP contribution in [0.5, 0.6) is 5.75 Å². The molecule has 0 heterocycles. The van der Waals surface area contributed by atoms with Crippen LogP contribution in [0.25, 0.3) is 0 Å². The summed E-state index contributed by atoms with van der Waals surface area (Å²) in [5.74, 6) is 0.629. The van der Waals surface area contributed by atoms with Crippen LogP contribution in [-0.2, 0) is 12.8 Å². The molecule has 2 nitrogen and oxygen atoms in total. The van der Waals surface area contributed by atoms with E-state index in [-0.39, 0.29) is 0 Å². The monoisotopic (exact) mass is 269 g/mol. The molecule has 0 radical (unpaired) electrons. The number of halogens is 1. The lowest BCUT2D eigenvalue weighted by Gasteiger charge is -2.08. The molecule has 0 aliphatic rings. The fourth-order valence-corrected chi connectivity index (χ4v) is 1.70. The van der Waals surface area contributed by atoms with Gasteiger partial charge in [-0.2, -0.15) is 0 Å². The van der Waals surface area contributed by atoms with Gasteiger partial charge in [0.25, 0.3) is 0 Å². The first-order valence-electron chi connectivity index (χ1n) is 7.23. The maximum Gasteiger partial charge on any atom is 0.228 e. The summed E-state index contributed by atoms with van der Waals surface area (Å²) in [5.41, 5.74) is 7.85. The molecule has 0 saturated carbocycles. The summed E-state index contributed by atoms with van der Waals surface area (Å²) in [7, 11) is 0. The topological polar surface area (TPSA) is 35.2 Å². The average molecular weight is 269 g/mol. The van der Waals surface area contributed by atoms with Crippen molar-refractivity contribution in [2.24, 2.45) is 5.73 Å². The van der Waals surface area contributed by atoms with Crippen LogP contribution in [0.4, 0.5) is 4.39 Å². The van der Waals surface area contributed by atoms with Crippen LogP contribution >= 0.6 is 0 Å². The summed E-state index contributed by atoms with van der Waals surface area (Å²) in [6.45, 7) is 6.29. The van der Waals surface area contributed by atoms with Gasteiger partial charge in [-0.1, -0.05) is 33.3 Å². The zero-order valence-electron chi connectivity index (χ0n) is 12.5. The highest BCUT2D eigenvalue weighted by Gasteiger charge is 2.01. The lowest BCUT2D eigenvalue weighted by molar-refractivity contribution is 0.191. The van der Waals surface area contributed by atoms with Crippen LogP contribution in [0.1, 0.15) is 51.2 Å². The molecule has 0 fully saturated rings. The van der Waals surface area contributed by atoms with Gasteiger partial charge in [0.15, 0.2) is 0 Å². The summed E-state index contributed by atoms with van der Waals surface area (Å²) in [5, 5.41) is 0. The van der Waals surface area contributed by atoms with Crippen molar-refractivity contribution in [3.05, 3.63) is 29.3 Å². The van der Waals surface area contributed by atoms with Gasteiger partial charge in [0.1, 0.15) is 5.75 Å². The summed E-state index contributed by atoms with van der Waals surface area (Å²) in [6.07, 6.45) is 5.26. The van der Waals surface area contributed by atoms with E-state index in [1.54, 1.807) is 0 Å². The molecule has 0 amide bonds. The third-order valence-electron chi connectivity index (χ3n) is 2.58. The highest BCUT2D eigenvalue weighted by molar-refractivity contribution is 5.34. The molecule has 0 unspecified atom stereocenters. The van der Waals surface area contributed by atoms with E-state index < -0.39 is 6.86 Å². The molecule has 2 N–H and O–H groups in total. The van der Waals surface area contributed by atoms with Crippen LogP contribution in [0.3, 0.4) is 0 Å². The predicted octanol–water partition coefficient (Wildman–Crippen LogP) is 4.25. The molecule has 1 aromatic rings. The van der Waals surface area contributed by atoms with Crippen LogP contribution < -0.4 is 10.5 Å². The van der Waals surface area contributed by atoms with Crippen molar-refractivity contribution in [1.29, 1.82) is 0 Å². The molecule has 1 aromatic carbocycles. The Hall–Kier alpha value is -1.09. The molecule has 0 atom stereocenters. The molecule has 0 aromatic heterocycles. The second-order valence-corrected chi connectivity index (χ2v) is 4.55. The highest BCUT2D eigenvalue weighted by Crippen LogP contribution is 2.19. The molecule has 0 bridgehead atoms. The van der Waals surface area contributed by atoms with Gasteiger partial charge in [0, 0.05) is 0 Å². The van der Waals surface area contributed by atoms with Gasteiger partial charge in [-0.25, -0.2) is 4.39 Å². The van der Waals surface area contributed by atoms with E-state index in [0.717, 1.165) is 32.2 Å². The molecule has 3 heteroatoms. The summed E-state index contributed by atoms with van der Waals surface area (Å²) in [6, 6.07) is 5.96. The van der Waals surface area contributed by atoms with Gasteiger partial charge in [0.05, 0.1) is 0 Å². The normalized spacial score (nSPS) is 9.74. The Labute approximate surface area is 117 Å². The molecule has 0 saturated heterocycles. The first kappa shape index (κ1) is 17.9. The van der Waals surface area contributed by atoms with Gasteiger partial charge in [-0.3, -0.25) is 0 Å². The maximum atomic E-state index is 12.1. The van der Waals surface area contributed by atoms with Crippen molar-refractivity contribution in [2.45, 2.75) is 52.9 Å². The van der Waals surface area contributed by atoms with Crippen molar-refractivity contribution >= 4 is 0 Å². The Morgan fingerprint density at radius 2 is 1.68 bits per heavy atom. The van der Waals surface area contributed by atoms with Crippen molar-refractivity contribution in [3.63, 3.8) is 0 Å². The SMILES string of the molecule is CCC.CCc1cc(CCCCN)cc(OCF)c1. The molecule has 0 spiro atoms. The number of nitrogens with two attached hydrogens (primary N) is 1. The zero-order valence-corrected chi connectivity index (χ0v) is 12.5. The average Bonchev–Trinajstić information content (AvgIpc) is 2.40. The minimum absolute atomic E-state index is 0.629. The molecule has 1 rings (SSSR count). The van der Waals surface area contributed by atoms with E-state index in [0.29, 0.717) is 5.75 Å². The Balaban J connectivity index is 0.000000982. The molecular formula is C16H28FNO. The number of unbranched alkanes of at least 4 members (excludes halogenated alkanes) is 1. The zero-order chi connectivity index (χ0) is 14.5. The van der Waals surface area contributed by atoms with E-state index in [9.17, 15) is 4.39 Å². The van der Waals surface area contributed by atoms with Crippen LogP contribution in [0.15, 0.2) is 18.2 Å². The van der Waals surface area contributed by atoms with E-state index in [2.05, 4.69) is 26.8 Å². The third kappa shape index (κ3) is 8.60. The van der Waals surface area contributed by atoms with Crippen LogP contribution in [-0.4, -0.2) is 13.4 Å². The van der Waals surface area contributed by atoms with Crippen LogP contribution in [0, 0.1) is 0 Å². The smallest absolute Gasteiger partial charge is 0.228 e. The third-order valence-corrected chi connectivity index (χ3v) is 2.58. The number of ether oxygens (including phenoxy) is 1. The number of aryl methyl sites for hydroxylation is 2. The minimum atomic E-state index is -0.768. The van der Waals surface area contributed by atoms with Crippen LogP contribution in [0.2, 0.25) is 0 Å². The minimum Gasteiger partial charge on any atom is -0.463 e. The second-order valence-electron chi connectivity index (χ2n) is 4.55. The van der Waals surface area contributed by atoms with Crippen molar-refractivity contribution in [2.75, 3.05) is 13.4 Å². The van der Waals surface area contributed by atoms with Gasteiger partial charge in [-0.15, -0.1) is 0 Å². The lowest BCUT2D eigenvalue weighted by Crippen LogP contribution is -2.00. The van der Waals surface area contributed by atoms with Gasteiger partial charge in [0.2, 0.25) is 6.86 Å². The Bertz CT molecular complexity index is 329. The number of rotatable bonds is 7. The number of hydrogen-bond donors (Lipinski definition) is 1. The Morgan fingerprint density at radius 3 is 2.21 bits per heavy atom. The number of benzene rings is 1. The van der Waals surface area contributed by atoms with Crippen molar-refractivity contribution < 1.29 is 9.13 Å². The molecule has 0 aliphatic heterocycles. The molecule has 0 aliphatic carbocycles. The molecule has 110 valence electrons. The summed E-state index contributed by atoms with van der Waals surface area (Å²) >= 11 is 0. The lowest BCUT2D eigenvalue weighted by atomic mass is 10.0. The molecular weight excluding hydrogens is 241 g/mol. The first-order chi connectivity index (χ1) is 9.21. The summed E-state index contributed by atoms with van der Waals surface area (Å²) in [4.78, 5) is 0. The summed E-state index contributed by atoms with van der Waals surface area (Å²) < 4.78 is 17.0. The number of alkyl halides is 1. The quantitative estimate of drug-likeness (QED) is 0.751. The van der Waals surface area contributed by atoms with Crippen molar-refractivity contribution in [3.8, 4) is 5.75 Å². The van der Waals surface area contributed by atoms with Gasteiger partial charge in [-0.05, 0) is 55.5 Å². The first-order valence-corrected chi connectivity index (χ1v) is 7.23. The predicted molar refractivity (Wildman–Crippen MR) is 80.4 cm³/mol. The van der Waals surface area contributed by atoms with Gasteiger partial charge < -0.3 is 10.5 Å². The molecule has 19 heavy (non-hydrogen) atoms. The van der Waals surface area contributed by atoms with E-state index in [4.69, 9.17) is 10.5 Å². The standard InChI is InChI=1S/C13H20FNO.C3H8/c1-2-11-7-12(5-3-4-6-15)9-13(8-11)16-10-14;1-3-2/h7-9H,2-6,10,15H2,1H3;3H2,1-2H3. The highest BCUT2D eigenvalue weighted by atomic mass is 19.1. The Kier molecular flexibility index (Phi) is 11.3. The largest absolute Gasteiger partial charge is 0.463 e.